The number of aryl methyl sites for hydroxylation is 2. The van der Waals surface area contributed by atoms with Gasteiger partial charge in [-0.25, -0.2) is 9.37 Å². The van der Waals surface area contributed by atoms with E-state index in [0.29, 0.717) is 0 Å². The van der Waals surface area contributed by atoms with Gasteiger partial charge in [-0.2, -0.15) is 0 Å². The summed E-state index contributed by atoms with van der Waals surface area (Å²) in [6.07, 6.45) is 3.80. The molecule has 0 unspecified atom stereocenters. The minimum absolute atomic E-state index is 0.321. The first kappa shape index (κ1) is 10.2. The number of nitrogens with zero attached hydrogens (tertiary/aromatic N) is 2. The molecular formula is C11H11FN2S. The van der Waals surface area contributed by atoms with Crippen molar-refractivity contribution in [3.63, 3.8) is 0 Å². The van der Waals surface area contributed by atoms with Crippen molar-refractivity contribution < 1.29 is 4.39 Å². The molecule has 0 spiro atoms. The first-order valence-electron chi connectivity index (χ1n) is 4.78. The standard InChI is InChI=1S/C11H11FN2S/c1-3-10-7(2)14-11(15-10)8-4-9(12)6-13-5-8/h4-6H,3H2,1-2H3. The third-order valence-corrected chi connectivity index (χ3v) is 3.52. The van der Waals surface area contributed by atoms with Crippen LogP contribution >= 0.6 is 11.3 Å². The zero-order valence-corrected chi connectivity index (χ0v) is 9.44. The summed E-state index contributed by atoms with van der Waals surface area (Å²) in [6, 6.07) is 1.46. The minimum Gasteiger partial charge on any atom is -0.261 e. The molecule has 2 aromatic rings. The van der Waals surface area contributed by atoms with Gasteiger partial charge in [0.25, 0.3) is 0 Å². The largest absolute Gasteiger partial charge is 0.261 e. The molecule has 2 heterocycles. The summed E-state index contributed by atoms with van der Waals surface area (Å²) in [5, 5.41) is 0.844. The maximum Gasteiger partial charge on any atom is 0.142 e. The molecule has 0 saturated heterocycles. The molecule has 78 valence electrons. The highest BCUT2D eigenvalue weighted by atomic mass is 32.1. The van der Waals surface area contributed by atoms with E-state index in [1.165, 1.54) is 17.1 Å². The summed E-state index contributed by atoms with van der Waals surface area (Å²) in [5.41, 5.74) is 1.78. The Labute approximate surface area is 91.8 Å². The van der Waals surface area contributed by atoms with Gasteiger partial charge in [-0.05, 0) is 19.4 Å². The molecule has 0 aliphatic heterocycles. The van der Waals surface area contributed by atoms with Gasteiger partial charge in [0.15, 0.2) is 0 Å². The van der Waals surface area contributed by atoms with Gasteiger partial charge in [-0.1, -0.05) is 6.92 Å². The zero-order chi connectivity index (χ0) is 10.8. The van der Waals surface area contributed by atoms with E-state index < -0.39 is 0 Å². The third kappa shape index (κ3) is 2.04. The molecule has 2 aromatic heterocycles. The Kier molecular flexibility index (Phi) is 2.77. The molecule has 0 saturated carbocycles. The van der Waals surface area contributed by atoms with Crippen LogP contribution in [0.4, 0.5) is 4.39 Å². The van der Waals surface area contributed by atoms with Gasteiger partial charge in [0.1, 0.15) is 10.8 Å². The Morgan fingerprint density at radius 2 is 2.20 bits per heavy atom. The molecule has 0 aliphatic carbocycles. The number of rotatable bonds is 2. The number of hydrogen-bond acceptors (Lipinski definition) is 3. The van der Waals surface area contributed by atoms with Gasteiger partial charge in [0.05, 0.1) is 11.9 Å². The first-order chi connectivity index (χ1) is 7.20. The van der Waals surface area contributed by atoms with Crippen molar-refractivity contribution in [3.05, 3.63) is 34.8 Å². The highest BCUT2D eigenvalue weighted by Gasteiger charge is 2.08. The van der Waals surface area contributed by atoms with Crippen LogP contribution in [0.15, 0.2) is 18.5 Å². The van der Waals surface area contributed by atoms with Gasteiger partial charge in [0, 0.05) is 16.6 Å². The average molecular weight is 222 g/mol. The van der Waals surface area contributed by atoms with E-state index in [1.807, 2.05) is 6.92 Å². The Morgan fingerprint density at radius 1 is 1.40 bits per heavy atom. The van der Waals surface area contributed by atoms with Crippen molar-refractivity contribution in [3.8, 4) is 10.6 Å². The van der Waals surface area contributed by atoms with E-state index in [9.17, 15) is 4.39 Å². The molecular weight excluding hydrogens is 211 g/mol. The molecule has 0 bridgehead atoms. The van der Waals surface area contributed by atoms with Gasteiger partial charge in [-0.3, -0.25) is 4.98 Å². The first-order valence-corrected chi connectivity index (χ1v) is 5.59. The fourth-order valence-corrected chi connectivity index (χ4v) is 2.39. The summed E-state index contributed by atoms with van der Waals surface area (Å²) >= 11 is 1.60. The van der Waals surface area contributed by atoms with E-state index in [1.54, 1.807) is 17.5 Å². The molecule has 0 amide bonds. The third-order valence-electron chi connectivity index (χ3n) is 2.17. The second kappa shape index (κ2) is 4.06. The maximum atomic E-state index is 13.0. The van der Waals surface area contributed by atoms with E-state index in [2.05, 4.69) is 16.9 Å². The lowest BCUT2D eigenvalue weighted by Crippen LogP contribution is -1.82. The number of halogens is 1. The van der Waals surface area contributed by atoms with Gasteiger partial charge in [-0.15, -0.1) is 11.3 Å². The quantitative estimate of drug-likeness (QED) is 0.779. The summed E-state index contributed by atoms with van der Waals surface area (Å²) < 4.78 is 13.0. The lowest BCUT2D eigenvalue weighted by Gasteiger charge is -1.94. The molecule has 15 heavy (non-hydrogen) atoms. The fourth-order valence-electron chi connectivity index (χ4n) is 1.41. The lowest BCUT2D eigenvalue weighted by atomic mass is 10.3. The summed E-state index contributed by atoms with van der Waals surface area (Å²) in [7, 11) is 0. The number of pyridine rings is 1. The fraction of sp³-hybridized carbons (Fsp3) is 0.273. The topological polar surface area (TPSA) is 25.8 Å². The smallest absolute Gasteiger partial charge is 0.142 e. The van der Waals surface area contributed by atoms with Crippen LogP contribution in [0.1, 0.15) is 17.5 Å². The Hall–Kier alpha value is -1.29. The Morgan fingerprint density at radius 3 is 2.80 bits per heavy atom. The number of aromatic nitrogens is 2. The molecule has 2 rings (SSSR count). The molecule has 0 atom stereocenters. The Bertz CT molecular complexity index is 479. The molecule has 0 aromatic carbocycles. The van der Waals surface area contributed by atoms with Crippen molar-refractivity contribution in [2.75, 3.05) is 0 Å². The van der Waals surface area contributed by atoms with E-state index in [4.69, 9.17) is 0 Å². The van der Waals surface area contributed by atoms with Crippen molar-refractivity contribution in [2.45, 2.75) is 20.3 Å². The van der Waals surface area contributed by atoms with Crippen LogP contribution in [-0.2, 0) is 6.42 Å². The van der Waals surface area contributed by atoms with Crippen molar-refractivity contribution in [2.24, 2.45) is 0 Å². The van der Waals surface area contributed by atoms with Crippen LogP contribution in [0, 0.1) is 12.7 Å². The lowest BCUT2D eigenvalue weighted by molar-refractivity contribution is 0.622. The van der Waals surface area contributed by atoms with E-state index in [0.717, 1.165) is 22.7 Å². The Balaban J connectivity index is 2.45. The van der Waals surface area contributed by atoms with E-state index in [-0.39, 0.29) is 5.82 Å². The predicted molar refractivity (Wildman–Crippen MR) is 59.4 cm³/mol. The zero-order valence-electron chi connectivity index (χ0n) is 8.62. The van der Waals surface area contributed by atoms with Gasteiger partial charge in [0.2, 0.25) is 0 Å². The van der Waals surface area contributed by atoms with Crippen molar-refractivity contribution in [1.29, 1.82) is 0 Å². The van der Waals surface area contributed by atoms with Crippen molar-refractivity contribution >= 4 is 11.3 Å². The molecule has 0 radical (unpaired) electrons. The highest BCUT2D eigenvalue weighted by Crippen LogP contribution is 2.27. The van der Waals surface area contributed by atoms with Crippen LogP contribution in [0.25, 0.3) is 10.6 Å². The summed E-state index contributed by atoms with van der Waals surface area (Å²) in [6.45, 7) is 4.07. The second-order valence-corrected chi connectivity index (χ2v) is 4.36. The van der Waals surface area contributed by atoms with Gasteiger partial charge >= 0.3 is 0 Å². The minimum atomic E-state index is -0.321. The monoisotopic (exact) mass is 222 g/mol. The number of hydrogen-bond donors (Lipinski definition) is 0. The average Bonchev–Trinajstić information content (AvgIpc) is 2.60. The molecule has 0 N–H and O–H groups in total. The predicted octanol–water partition coefficient (Wildman–Crippen LogP) is 3.22. The second-order valence-electron chi connectivity index (χ2n) is 3.27. The van der Waals surface area contributed by atoms with Crippen LogP contribution in [0.5, 0.6) is 0 Å². The summed E-state index contributed by atoms with van der Waals surface area (Å²) in [4.78, 5) is 9.47. The molecule has 4 heteroatoms. The highest BCUT2D eigenvalue weighted by molar-refractivity contribution is 7.15. The van der Waals surface area contributed by atoms with Crippen LogP contribution < -0.4 is 0 Å². The molecule has 2 nitrogen and oxygen atoms in total. The van der Waals surface area contributed by atoms with Crippen LogP contribution in [-0.4, -0.2) is 9.97 Å². The number of thiazole rings is 1. The summed E-state index contributed by atoms with van der Waals surface area (Å²) in [5.74, 6) is -0.321. The van der Waals surface area contributed by atoms with Gasteiger partial charge < -0.3 is 0 Å². The normalized spacial score (nSPS) is 10.6. The maximum absolute atomic E-state index is 13.0. The SMILES string of the molecule is CCc1sc(-c2cncc(F)c2)nc1C. The van der Waals surface area contributed by atoms with Crippen LogP contribution in [0.2, 0.25) is 0 Å². The molecule has 0 aliphatic rings. The van der Waals surface area contributed by atoms with E-state index >= 15 is 0 Å². The van der Waals surface area contributed by atoms with Crippen molar-refractivity contribution in [1.82, 2.24) is 9.97 Å². The van der Waals surface area contributed by atoms with Crippen LogP contribution in [0.3, 0.4) is 0 Å². The molecule has 0 fully saturated rings.